The highest BCUT2D eigenvalue weighted by Gasteiger charge is 2.17. The molecule has 1 atom stereocenters. The van der Waals surface area contributed by atoms with Crippen molar-refractivity contribution in [2.24, 2.45) is 11.7 Å². The van der Waals surface area contributed by atoms with Crippen LogP contribution in [0.2, 0.25) is 0 Å². The van der Waals surface area contributed by atoms with Crippen LogP contribution < -0.4 is 16.4 Å². The van der Waals surface area contributed by atoms with Crippen molar-refractivity contribution in [3.63, 3.8) is 0 Å². The largest absolute Gasteiger partial charge is 0.354 e. The second kappa shape index (κ2) is 8.98. The van der Waals surface area contributed by atoms with Crippen LogP contribution >= 0.6 is 0 Å². The Morgan fingerprint density at radius 1 is 1.20 bits per heavy atom. The lowest BCUT2D eigenvalue weighted by Gasteiger charge is -2.15. The maximum atomic E-state index is 11.8. The molecular weight excluding hydrogens is 318 g/mol. The molecule has 0 bridgehead atoms. The molecule has 0 aliphatic carbocycles. The molecule has 7 heteroatoms. The molecule has 4 N–H and O–H groups in total. The van der Waals surface area contributed by atoms with Crippen LogP contribution in [0.1, 0.15) is 19.4 Å². The lowest BCUT2D eigenvalue weighted by Crippen LogP contribution is -2.47. The van der Waals surface area contributed by atoms with Crippen molar-refractivity contribution in [3.8, 4) is 5.69 Å². The van der Waals surface area contributed by atoms with Gasteiger partial charge in [-0.3, -0.25) is 9.59 Å². The average Bonchev–Trinajstić information content (AvgIpc) is 3.14. The maximum absolute atomic E-state index is 11.8. The van der Waals surface area contributed by atoms with Gasteiger partial charge in [0.05, 0.1) is 18.3 Å². The SMILES string of the molecule is CC(C)[C@H](N)C(=O)NCC(=O)NCCc1ccc(-n2cccn2)cc1. The van der Waals surface area contributed by atoms with E-state index in [9.17, 15) is 9.59 Å². The molecule has 0 aliphatic rings. The first-order valence-electron chi connectivity index (χ1n) is 8.36. The van der Waals surface area contributed by atoms with E-state index < -0.39 is 6.04 Å². The molecule has 0 radical (unpaired) electrons. The summed E-state index contributed by atoms with van der Waals surface area (Å²) in [5.74, 6) is -0.496. The molecule has 1 aromatic heterocycles. The molecule has 0 fully saturated rings. The minimum atomic E-state index is -0.596. The molecule has 134 valence electrons. The standard InChI is InChI=1S/C18H25N5O2/c1-13(2)17(19)18(25)21-12-16(24)20-10-8-14-4-6-15(7-5-14)23-11-3-9-22-23/h3-7,9,11,13,17H,8,10,12,19H2,1-2H3,(H,20,24)(H,21,25)/t17-/m0/s1. The number of hydrogen-bond acceptors (Lipinski definition) is 4. The number of amides is 2. The van der Waals surface area contributed by atoms with Crippen molar-refractivity contribution < 1.29 is 9.59 Å². The second-order valence-electron chi connectivity index (χ2n) is 6.20. The van der Waals surface area contributed by atoms with E-state index in [0.717, 1.165) is 11.3 Å². The van der Waals surface area contributed by atoms with Crippen LogP contribution in [-0.2, 0) is 16.0 Å². The monoisotopic (exact) mass is 343 g/mol. The molecule has 2 aromatic rings. The summed E-state index contributed by atoms with van der Waals surface area (Å²) >= 11 is 0. The number of nitrogens with one attached hydrogen (secondary N) is 2. The average molecular weight is 343 g/mol. The molecule has 1 aromatic carbocycles. The van der Waals surface area contributed by atoms with E-state index in [1.165, 1.54) is 0 Å². The van der Waals surface area contributed by atoms with Gasteiger partial charge in [-0.2, -0.15) is 5.10 Å². The van der Waals surface area contributed by atoms with Crippen molar-refractivity contribution in [3.05, 3.63) is 48.3 Å². The summed E-state index contributed by atoms with van der Waals surface area (Å²) in [6.07, 6.45) is 4.33. The van der Waals surface area contributed by atoms with Crippen molar-refractivity contribution in [2.45, 2.75) is 26.3 Å². The van der Waals surface area contributed by atoms with Crippen LogP contribution in [0, 0.1) is 5.92 Å². The summed E-state index contributed by atoms with van der Waals surface area (Å²) in [6.45, 7) is 4.17. The Bertz CT molecular complexity index is 680. The first kappa shape index (κ1) is 18.7. The highest BCUT2D eigenvalue weighted by Crippen LogP contribution is 2.08. The van der Waals surface area contributed by atoms with Crippen LogP contribution in [0.5, 0.6) is 0 Å². The van der Waals surface area contributed by atoms with Gasteiger partial charge in [-0.15, -0.1) is 0 Å². The zero-order chi connectivity index (χ0) is 18.2. The van der Waals surface area contributed by atoms with Gasteiger partial charge in [0, 0.05) is 18.9 Å². The Kier molecular flexibility index (Phi) is 6.71. The minimum absolute atomic E-state index is 0.0350. The van der Waals surface area contributed by atoms with E-state index in [1.807, 2.05) is 50.4 Å². The number of carbonyl (C=O) groups excluding carboxylic acids is 2. The van der Waals surface area contributed by atoms with Crippen LogP contribution in [0.15, 0.2) is 42.7 Å². The molecule has 0 unspecified atom stereocenters. The van der Waals surface area contributed by atoms with Crippen LogP contribution in [0.3, 0.4) is 0 Å². The summed E-state index contributed by atoms with van der Waals surface area (Å²) in [5, 5.41) is 9.51. The molecule has 0 saturated carbocycles. The number of benzene rings is 1. The number of carbonyl (C=O) groups is 2. The Morgan fingerprint density at radius 2 is 1.92 bits per heavy atom. The van der Waals surface area contributed by atoms with Gasteiger partial charge in [-0.05, 0) is 36.1 Å². The molecule has 0 saturated heterocycles. The summed E-state index contributed by atoms with van der Waals surface area (Å²) in [7, 11) is 0. The van der Waals surface area contributed by atoms with Crippen molar-refractivity contribution >= 4 is 11.8 Å². The summed E-state index contributed by atoms with van der Waals surface area (Å²) in [5.41, 5.74) is 7.82. The fourth-order valence-electron chi connectivity index (χ4n) is 2.23. The van der Waals surface area contributed by atoms with Gasteiger partial charge in [0.2, 0.25) is 11.8 Å². The molecular formula is C18H25N5O2. The fraction of sp³-hybridized carbons (Fsp3) is 0.389. The third-order valence-corrected chi connectivity index (χ3v) is 3.89. The first-order valence-corrected chi connectivity index (χ1v) is 8.36. The molecule has 7 nitrogen and oxygen atoms in total. The Labute approximate surface area is 147 Å². The molecule has 25 heavy (non-hydrogen) atoms. The van der Waals surface area contributed by atoms with Crippen LogP contribution in [0.4, 0.5) is 0 Å². The predicted molar refractivity (Wildman–Crippen MR) is 96.1 cm³/mol. The lowest BCUT2D eigenvalue weighted by atomic mass is 10.1. The van der Waals surface area contributed by atoms with E-state index in [0.29, 0.717) is 13.0 Å². The van der Waals surface area contributed by atoms with E-state index in [4.69, 9.17) is 5.73 Å². The first-order chi connectivity index (χ1) is 12.0. The van der Waals surface area contributed by atoms with Crippen molar-refractivity contribution in [2.75, 3.05) is 13.1 Å². The number of rotatable bonds is 8. The summed E-state index contributed by atoms with van der Waals surface area (Å²) in [4.78, 5) is 23.5. The third-order valence-electron chi connectivity index (χ3n) is 3.89. The van der Waals surface area contributed by atoms with E-state index >= 15 is 0 Å². The molecule has 2 rings (SSSR count). The minimum Gasteiger partial charge on any atom is -0.354 e. The number of nitrogens with zero attached hydrogens (tertiary/aromatic N) is 2. The van der Waals surface area contributed by atoms with Gasteiger partial charge >= 0.3 is 0 Å². The Balaban J connectivity index is 1.70. The molecule has 1 heterocycles. The van der Waals surface area contributed by atoms with E-state index in [1.54, 1.807) is 10.9 Å². The topological polar surface area (TPSA) is 102 Å². The zero-order valence-electron chi connectivity index (χ0n) is 14.6. The quantitative estimate of drug-likeness (QED) is 0.654. The predicted octanol–water partition coefficient (Wildman–Crippen LogP) is 0.631. The van der Waals surface area contributed by atoms with Gasteiger partial charge in [0.1, 0.15) is 0 Å². The van der Waals surface area contributed by atoms with E-state index in [2.05, 4.69) is 15.7 Å². The highest BCUT2D eigenvalue weighted by molar-refractivity contribution is 5.87. The van der Waals surface area contributed by atoms with Gasteiger partial charge < -0.3 is 16.4 Å². The fourth-order valence-corrected chi connectivity index (χ4v) is 2.23. The number of hydrogen-bond donors (Lipinski definition) is 3. The summed E-state index contributed by atoms with van der Waals surface area (Å²) < 4.78 is 1.79. The van der Waals surface area contributed by atoms with Crippen molar-refractivity contribution in [1.82, 2.24) is 20.4 Å². The third kappa shape index (κ3) is 5.72. The molecule has 2 amide bonds. The van der Waals surface area contributed by atoms with Crippen molar-refractivity contribution in [1.29, 1.82) is 0 Å². The molecule has 0 spiro atoms. The lowest BCUT2D eigenvalue weighted by molar-refractivity contribution is -0.127. The number of nitrogens with two attached hydrogens (primary N) is 1. The zero-order valence-corrected chi connectivity index (χ0v) is 14.6. The van der Waals surface area contributed by atoms with Crippen LogP contribution in [-0.4, -0.2) is 40.7 Å². The molecule has 0 aliphatic heterocycles. The maximum Gasteiger partial charge on any atom is 0.239 e. The van der Waals surface area contributed by atoms with Crippen LogP contribution in [0.25, 0.3) is 5.69 Å². The van der Waals surface area contributed by atoms with E-state index in [-0.39, 0.29) is 24.3 Å². The van der Waals surface area contributed by atoms with Gasteiger partial charge in [0.25, 0.3) is 0 Å². The van der Waals surface area contributed by atoms with Gasteiger partial charge in [-0.1, -0.05) is 26.0 Å². The normalized spacial score (nSPS) is 12.0. The Morgan fingerprint density at radius 3 is 2.52 bits per heavy atom. The Hall–Kier alpha value is -2.67. The number of aromatic nitrogens is 2. The van der Waals surface area contributed by atoms with Gasteiger partial charge in [0.15, 0.2) is 0 Å². The second-order valence-corrected chi connectivity index (χ2v) is 6.20. The summed E-state index contributed by atoms with van der Waals surface area (Å²) in [6, 6.07) is 9.26. The smallest absolute Gasteiger partial charge is 0.239 e. The van der Waals surface area contributed by atoms with Gasteiger partial charge in [-0.25, -0.2) is 4.68 Å². The highest BCUT2D eigenvalue weighted by atomic mass is 16.2.